The van der Waals surface area contributed by atoms with Crippen molar-refractivity contribution in [2.75, 3.05) is 0 Å². The van der Waals surface area contributed by atoms with Crippen molar-refractivity contribution in [2.45, 2.75) is 34.6 Å². The van der Waals surface area contributed by atoms with Gasteiger partial charge < -0.3 is 12.3 Å². The fourth-order valence-corrected chi connectivity index (χ4v) is 0. The molecule has 0 nitrogen and oxygen atoms in total. The van der Waals surface area contributed by atoms with E-state index in [4.69, 9.17) is 0 Å². The zero-order valence-electron chi connectivity index (χ0n) is 6.78. The molecular weight excluding hydrogens is 149 g/mol. The van der Waals surface area contributed by atoms with Crippen LogP contribution in [0.5, 0.6) is 0 Å². The summed E-state index contributed by atoms with van der Waals surface area (Å²) in [7, 11) is 0. The first-order chi connectivity index (χ1) is 3.15. The molecule has 0 aromatic rings. The second-order valence-corrected chi connectivity index (χ2v) is 2.08. The molecule has 0 N–H and O–H groups in total. The van der Waals surface area contributed by atoms with E-state index in [1.54, 1.807) is 0 Å². The van der Waals surface area contributed by atoms with Gasteiger partial charge in [-0.15, -0.1) is 0 Å². The molecular formula is C7H16Zn. The van der Waals surface area contributed by atoms with E-state index < -0.39 is 0 Å². The Bertz CT molecular complexity index is 15.6. The Labute approximate surface area is 66.8 Å². The van der Waals surface area contributed by atoms with E-state index in [1.165, 1.54) is 5.92 Å². The molecule has 0 fully saturated rings. The number of hydrogen-bond donors (Lipinski definition) is 0. The summed E-state index contributed by atoms with van der Waals surface area (Å²) < 4.78 is 0. The van der Waals surface area contributed by atoms with Crippen LogP contribution in [0.4, 0.5) is 0 Å². The number of rotatable bonds is 0. The van der Waals surface area contributed by atoms with Gasteiger partial charge in [0.15, 0.2) is 0 Å². The smallest absolute Gasteiger partial charge is 0.335 e. The van der Waals surface area contributed by atoms with Gasteiger partial charge >= 0.3 is 19.5 Å². The van der Waals surface area contributed by atoms with Crippen molar-refractivity contribution in [3.8, 4) is 0 Å². The Kier molecular flexibility index (Phi) is 31.0. The summed E-state index contributed by atoms with van der Waals surface area (Å²) in [5, 5.41) is 0. The molecule has 0 saturated heterocycles. The average Bonchev–Trinajstić information content (AvgIpc) is 1.33. The Morgan fingerprint density at radius 3 is 1.00 bits per heavy atom. The minimum Gasteiger partial charge on any atom is -0.335 e. The van der Waals surface area contributed by atoms with Crippen molar-refractivity contribution in [1.29, 1.82) is 0 Å². The molecule has 8 heavy (non-hydrogen) atoms. The van der Waals surface area contributed by atoms with E-state index in [2.05, 4.69) is 20.8 Å². The minimum absolute atomic E-state index is 0. The van der Waals surface area contributed by atoms with Gasteiger partial charge in [-0.3, -0.25) is 0 Å². The fraction of sp³-hybridized carbons (Fsp3) is 0.714. The summed E-state index contributed by atoms with van der Waals surface area (Å²) in [6.07, 6.45) is 2.00. The third kappa shape index (κ3) is 539. The molecule has 0 heterocycles. The van der Waals surface area contributed by atoms with Crippen LogP contribution in [-0.2, 0) is 19.5 Å². The molecule has 0 aromatic heterocycles. The van der Waals surface area contributed by atoms with Crippen molar-refractivity contribution < 1.29 is 19.5 Å². The summed E-state index contributed by atoms with van der Waals surface area (Å²) in [5.74, 6) is 1.42. The number of hydrogen-bond acceptors (Lipinski definition) is 0. The summed E-state index contributed by atoms with van der Waals surface area (Å²) >= 11 is 0. The first-order valence-electron chi connectivity index (χ1n) is 2.65. The fourth-order valence-electron chi connectivity index (χ4n) is 0. The molecule has 0 unspecified atom stereocenters. The van der Waals surface area contributed by atoms with Gasteiger partial charge in [-0.1, -0.05) is 0 Å². The summed E-state index contributed by atoms with van der Waals surface area (Å²) in [6, 6.07) is 0. The topological polar surface area (TPSA) is 0 Å². The molecule has 0 aliphatic heterocycles. The Morgan fingerprint density at radius 2 is 1.00 bits per heavy atom. The van der Waals surface area contributed by atoms with Crippen LogP contribution in [0.25, 0.3) is 0 Å². The molecule has 0 amide bonds. The van der Waals surface area contributed by atoms with Crippen LogP contribution in [-0.4, -0.2) is 0 Å². The molecule has 0 bridgehead atoms. The monoisotopic (exact) mass is 164 g/mol. The van der Waals surface area contributed by atoms with Crippen molar-refractivity contribution in [3.63, 3.8) is 0 Å². The molecule has 1 heteroatoms. The summed E-state index contributed by atoms with van der Waals surface area (Å²) in [4.78, 5) is 0. The predicted molar refractivity (Wildman–Crippen MR) is 35.9 cm³/mol. The zero-order chi connectivity index (χ0) is 6.28. The normalized spacial score (nSPS) is 6.75. The van der Waals surface area contributed by atoms with Gasteiger partial charge in [-0.2, -0.15) is 34.6 Å². The predicted octanol–water partition coefficient (Wildman–Crippen LogP) is 2.85. The van der Waals surface area contributed by atoms with Crippen LogP contribution in [0.1, 0.15) is 34.6 Å². The Morgan fingerprint density at radius 1 is 1.00 bits per heavy atom. The van der Waals surface area contributed by atoms with E-state index in [0.717, 1.165) is 0 Å². The molecule has 0 radical (unpaired) electrons. The van der Waals surface area contributed by atoms with Crippen LogP contribution >= 0.6 is 0 Å². The van der Waals surface area contributed by atoms with Gasteiger partial charge in [0.2, 0.25) is 0 Å². The second kappa shape index (κ2) is 15.6. The van der Waals surface area contributed by atoms with Gasteiger partial charge in [-0.25, -0.2) is 0 Å². The largest absolute Gasteiger partial charge is 2.00 e. The average molecular weight is 166 g/mol. The minimum atomic E-state index is 0. The maximum atomic E-state index is 2.08. The van der Waals surface area contributed by atoms with Crippen LogP contribution < -0.4 is 0 Å². The van der Waals surface area contributed by atoms with E-state index in [-0.39, 0.29) is 19.5 Å². The van der Waals surface area contributed by atoms with Crippen LogP contribution in [0.15, 0.2) is 0 Å². The SMILES string of the molecule is C[C-](C)C.C[CH-]C.[Zn+2]. The standard InChI is InChI=1S/C4H9.C3H7.Zn/c1-4(2)3;1-3-2;/h1-3H3;3H,1-2H3;/q2*-1;+2. The Balaban J connectivity index is -0.0000000575. The first-order valence-corrected chi connectivity index (χ1v) is 2.65. The zero-order valence-corrected chi connectivity index (χ0v) is 9.75. The van der Waals surface area contributed by atoms with E-state index in [1.807, 2.05) is 20.3 Å². The molecule has 0 aliphatic carbocycles. The molecule has 0 saturated carbocycles. The van der Waals surface area contributed by atoms with Gasteiger partial charge in [-0.05, 0) is 0 Å². The first kappa shape index (κ1) is 15.8. The van der Waals surface area contributed by atoms with Crippen LogP contribution in [0.2, 0.25) is 0 Å². The molecule has 0 atom stereocenters. The molecule has 46 valence electrons. The van der Waals surface area contributed by atoms with E-state index in [9.17, 15) is 0 Å². The van der Waals surface area contributed by atoms with Crippen molar-refractivity contribution >= 4 is 0 Å². The summed E-state index contributed by atoms with van der Waals surface area (Å²) in [6.45, 7) is 10.2. The third-order valence-corrected chi connectivity index (χ3v) is 0. The van der Waals surface area contributed by atoms with Gasteiger partial charge in [0.05, 0.1) is 0 Å². The third-order valence-electron chi connectivity index (χ3n) is 0. The maximum Gasteiger partial charge on any atom is 2.00 e. The molecule has 0 aliphatic rings. The maximum absolute atomic E-state index is 2.08. The van der Waals surface area contributed by atoms with E-state index >= 15 is 0 Å². The van der Waals surface area contributed by atoms with Gasteiger partial charge in [0.1, 0.15) is 0 Å². The van der Waals surface area contributed by atoms with Crippen molar-refractivity contribution in [3.05, 3.63) is 12.3 Å². The Hall–Kier alpha value is 0.623. The van der Waals surface area contributed by atoms with Crippen molar-refractivity contribution in [1.82, 2.24) is 0 Å². The van der Waals surface area contributed by atoms with E-state index in [0.29, 0.717) is 0 Å². The molecule has 0 rings (SSSR count). The summed E-state index contributed by atoms with van der Waals surface area (Å²) in [5.41, 5.74) is 0. The van der Waals surface area contributed by atoms with Crippen LogP contribution in [0.3, 0.4) is 0 Å². The van der Waals surface area contributed by atoms with Crippen molar-refractivity contribution in [2.24, 2.45) is 0 Å². The molecule has 0 spiro atoms. The molecule has 0 aromatic carbocycles. The van der Waals surface area contributed by atoms with Gasteiger partial charge in [0.25, 0.3) is 0 Å². The quantitative estimate of drug-likeness (QED) is 0.383. The van der Waals surface area contributed by atoms with Crippen LogP contribution in [0, 0.1) is 12.3 Å². The second-order valence-electron chi connectivity index (χ2n) is 2.08. The van der Waals surface area contributed by atoms with Gasteiger partial charge in [0, 0.05) is 0 Å².